The van der Waals surface area contributed by atoms with Crippen molar-refractivity contribution in [1.29, 1.82) is 0 Å². The average molecular weight is 1150 g/mol. The van der Waals surface area contributed by atoms with Crippen LogP contribution in [0.4, 0.5) is 87.8 Å². The summed E-state index contributed by atoms with van der Waals surface area (Å²) < 4.78 is 294. The Morgan fingerprint density at radius 2 is 0.570 bits per heavy atom. The number of hydrogen-bond acceptors (Lipinski definition) is 1. The fourth-order valence-corrected chi connectivity index (χ4v) is 12.7. The maximum atomic E-state index is 15.4. The summed E-state index contributed by atoms with van der Waals surface area (Å²) in [5, 5.41) is 0. The van der Waals surface area contributed by atoms with Gasteiger partial charge in [-0.2, -0.15) is 0 Å². The molecule has 0 spiro atoms. The molecule has 7 aromatic rings. The molecule has 1 nitrogen and oxygen atoms in total. The van der Waals surface area contributed by atoms with E-state index in [9.17, 15) is 57.5 Å². The Bertz CT molecular complexity index is 3010. The van der Waals surface area contributed by atoms with Crippen LogP contribution in [-0.4, -0.2) is 17.7 Å². The highest BCUT2D eigenvalue weighted by Crippen LogP contribution is 2.37. The largest absolute Gasteiger partial charge is 0.289 e. The van der Waals surface area contributed by atoms with Crippen molar-refractivity contribution in [1.82, 2.24) is 0 Å². The number of halogens is 20. The Morgan fingerprint density at radius 1 is 0.329 bits per heavy atom. The molecule has 79 heavy (non-hydrogen) atoms. The Balaban J connectivity index is 0.000000216. The number of benzene rings is 7. The first-order valence-corrected chi connectivity index (χ1v) is 25.6. The monoisotopic (exact) mass is 1150 g/mol. The SMILES string of the molecule is Fc1c(F)c(F)c([B-](c2c(F)c(F)c(F)c(F)c2F)(c2c(F)c(F)c(F)c(F)c2F)c2c(F)c(F)c(F)c(F)c2F)c(F)c1F.O=C(C[S+](c1ccc(C2CCCCC2)cc1)c1ccc(C2CCCCC2)cc1)c1ccccc1. The van der Waals surface area contributed by atoms with E-state index >= 15 is 35.1 Å². The zero-order chi connectivity index (χ0) is 57.5. The number of rotatable bonds is 11. The minimum atomic E-state index is -7.22. The molecule has 23 heteroatoms. The van der Waals surface area contributed by atoms with Crippen molar-refractivity contribution in [3.8, 4) is 0 Å². The van der Waals surface area contributed by atoms with Gasteiger partial charge in [-0.3, -0.25) is 4.79 Å². The molecule has 2 fully saturated rings. The zero-order valence-corrected chi connectivity index (χ0v) is 41.2. The van der Waals surface area contributed by atoms with Gasteiger partial charge in [0, 0.05) is 5.56 Å². The summed E-state index contributed by atoms with van der Waals surface area (Å²) in [4.78, 5) is 15.8. The summed E-state index contributed by atoms with van der Waals surface area (Å²) in [5.74, 6) is -69.2. The normalized spacial score (nSPS) is 14.4. The molecule has 7 aromatic carbocycles. The van der Waals surface area contributed by atoms with Crippen molar-refractivity contribution in [3.05, 3.63) is 212 Å². The third kappa shape index (κ3) is 10.4. The molecule has 0 unspecified atom stereocenters. The van der Waals surface area contributed by atoms with Crippen LogP contribution in [0.1, 0.15) is 97.5 Å². The lowest BCUT2D eigenvalue weighted by Crippen LogP contribution is -2.81. The maximum absolute atomic E-state index is 15.4. The highest BCUT2D eigenvalue weighted by molar-refractivity contribution is 7.97. The Hall–Kier alpha value is -6.78. The Labute approximate surface area is 439 Å². The molecule has 0 amide bonds. The third-order valence-corrected chi connectivity index (χ3v) is 16.8. The summed E-state index contributed by atoms with van der Waals surface area (Å²) in [6, 6.07) is 28.4. The molecule has 0 saturated heterocycles. The van der Waals surface area contributed by atoms with Crippen LogP contribution in [0.15, 0.2) is 88.7 Å². The van der Waals surface area contributed by atoms with Gasteiger partial charge in [-0.05, 0) is 72.9 Å². The predicted octanol–water partition coefficient (Wildman–Crippen LogP) is 14.5. The van der Waals surface area contributed by atoms with Crippen LogP contribution in [0.5, 0.6) is 0 Å². The van der Waals surface area contributed by atoms with E-state index in [-0.39, 0.29) is 16.7 Å². The molecule has 2 saturated carbocycles. The molecule has 416 valence electrons. The van der Waals surface area contributed by atoms with Gasteiger partial charge >= 0.3 is 0 Å². The smallest absolute Gasteiger partial charge is 0.212 e. The van der Waals surface area contributed by atoms with Crippen molar-refractivity contribution < 1.29 is 92.6 Å². The first-order chi connectivity index (χ1) is 37.5. The number of carbonyl (C=O) groups excluding carboxylic acids is 1. The highest BCUT2D eigenvalue weighted by atomic mass is 32.2. The summed E-state index contributed by atoms with van der Waals surface area (Å²) in [5.41, 5.74) is -10.6. The molecule has 0 atom stereocenters. The number of ketones is 1. The molecular formula is C56H37BF20OS. The second kappa shape index (κ2) is 23.5. The van der Waals surface area contributed by atoms with E-state index in [4.69, 9.17) is 0 Å². The molecule has 0 bridgehead atoms. The number of hydrogen-bond donors (Lipinski definition) is 0. The topological polar surface area (TPSA) is 17.1 Å². The summed E-state index contributed by atoms with van der Waals surface area (Å²) in [6.45, 7) is 0. The van der Waals surface area contributed by atoms with Gasteiger partial charge < -0.3 is 0 Å². The standard InChI is InChI=1S/C32H37OS.C24BF20/c33-32(29-14-8-3-9-15-29)24-34(30-20-16-27(17-21-30)25-10-4-1-5-11-25)31-22-18-28(19-23-31)26-12-6-2-7-13-26;26-5-1(6(27)14(35)21(42)13(5)34)25(2-7(28)15(36)22(43)16(37)8(2)29,3-9(30)17(38)23(44)18(39)10(3)31)4-11(32)19(40)24(45)20(41)12(4)33/h3,8-9,14-23,25-26H,1-2,4-7,10-13,24H2;/q+1;-1. The van der Waals surface area contributed by atoms with E-state index in [1.165, 1.54) is 85.1 Å². The number of Topliss-reactive ketones (excluding diaryl/α,β-unsaturated/α-hetero) is 1. The second-order valence-electron chi connectivity index (χ2n) is 18.9. The molecule has 2 aliphatic carbocycles. The van der Waals surface area contributed by atoms with Crippen molar-refractivity contribution >= 4 is 44.7 Å². The molecule has 0 radical (unpaired) electrons. The van der Waals surface area contributed by atoms with Gasteiger partial charge in [-0.25, -0.2) is 87.8 Å². The predicted molar refractivity (Wildman–Crippen MR) is 253 cm³/mol. The van der Waals surface area contributed by atoms with Gasteiger partial charge in [0.05, 0.1) is 10.9 Å². The lowest BCUT2D eigenvalue weighted by Gasteiger charge is -2.44. The minimum Gasteiger partial charge on any atom is -0.289 e. The third-order valence-electron chi connectivity index (χ3n) is 14.6. The second-order valence-corrected chi connectivity index (χ2v) is 20.9. The van der Waals surface area contributed by atoms with E-state index in [0.29, 0.717) is 17.6 Å². The van der Waals surface area contributed by atoms with Crippen LogP contribution in [-0.2, 0) is 10.9 Å². The highest BCUT2D eigenvalue weighted by Gasteiger charge is 2.52. The molecule has 9 rings (SSSR count). The van der Waals surface area contributed by atoms with Crippen LogP contribution >= 0.6 is 0 Å². The van der Waals surface area contributed by atoms with E-state index in [1.54, 1.807) is 0 Å². The van der Waals surface area contributed by atoms with Gasteiger partial charge in [0.15, 0.2) is 85.4 Å². The molecule has 0 heterocycles. The maximum Gasteiger partial charge on any atom is 0.212 e. The van der Waals surface area contributed by atoms with E-state index in [2.05, 4.69) is 48.5 Å². The van der Waals surface area contributed by atoms with E-state index in [0.717, 1.165) is 5.56 Å². The van der Waals surface area contributed by atoms with Gasteiger partial charge in [0.1, 0.15) is 52.7 Å². The summed E-state index contributed by atoms with van der Waals surface area (Å²) in [6.07, 6.45) is 6.26. The van der Waals surface area contributed by atoms with Crippen molar-refractivity contribution in [2.24, 2.45) is 0 Å². The van der Waals surface area contributed by atoms with Crippen LogP contribution in [0.3, 0.4) is 0 Å². The van der Waals surface area contributed by atoms with Gasteiger partial charge in [-0.15, -0.1) is 21.9 Å². The van der Waals surface area contributed by atoms with Crippen LogP contribution in [0.2, 0.25) is 0 Å². The van der Waals surface area contributed by atoms with Crippen LogP contribution < -0.4 is 21.9 Å². The van der Waals surface area contributed by atoms with Crippen molar-refractivity contribution in [2.75, 3.05) is 5.75 Å². The minimum absolute atomic E-state index is 0.233. The van der Waals surface area contributed by atoms with Crippen molar-refractivity contribution in [3.63, 3.8) is 0 Å². The molecular weight excluding hydrogens is 1110 g/mol. The molecule has 0 N–H and O–H groups in total. The molecule has 2 aliphatic rings. The summed E-state index contributed by atoms with van der Waals surface area (Å²) in [7, 11) is -0.258. The first kappa shape index (κ1) is 58.4. The summed E-state index contributed by atoms with van der Waals surface area (Å²) >= 11 is 0. The van der Waals surface area contributed by atoms with Crippen LogP contribution in [0, 0.1) is 116 Å². The Kier molecular flexibility index (Phi) is 17.4. The van der Waals surface area contributed by atoms with Crippen molar-refractivity contribution in [2.45, 2.75) is 85.8 Å². The zero-order valence-electron chi connectivity index (χ0n) is 40.4. The first-order valence-electron chi connectivity index (χ1n) is 24.2. The lowest BCUT2D eigenvalue weighted by atomic mass is 9.12. The average Bonchev–Trinajstić information content (AvgIpc) is 3.66. The van der Waals surface area contributed by atoms with Gasteiger partial charge in [0.25, 0.3) is 0 Å². The van der Waals surface area contributed by atoms with Gasteiger partial charge in [-0.1, -0.05) is 93.1 Å². The molecule has 0 aliphatic heterocycles. The lowest BCUT2D eigenvalue weighted by molar-refractivity contribution is 0.102. The van der Waals surface area contributed by atoms with E-state index < -0.39 is 144 Å². The molecule has 0 aromatic heterocycles. The Morgan fingerprint density at radius 3 is 0.823 bits per heavy atom. The van der Waals surface area contributed by atoms with Crippen LogP contribution in [0.25, 0.3) is 0 Å². The quantitative estimate of drug-likeness (QED) is 0.0315. The fourth-order valence-electron chi connectivity index (χ4n) is 10.7. The van der Waals surface area contributed by atoms with Gasteiger partial charge in [0.2, 0.25) is 5.78 Å². The fraction of sp³-hybridized carbons (Fsp3) is 0.232. The number of carbonyl (C=O) groups is 1. The van der Waals surface area contributed by atoms with E-state index in [1.807, 2.05) is 30.3 Å².